The van der Waals surface area contributed by atoms with Crippen molar-refractivity contribution >= 4 is 5.69 Å². The highest BCUT2D eigenvalue weighted by molar-refractivity contribution is 5.39. The molecule has 11 heavy (non-hydrogen) atoms. The number of nitrogens with zero attached hydrogens (tertiary/aromatic N) is 2. The summed E-state index contributed by atoms with van der Waals surface area (Å²) in [6.07, 6.45) is 1.21. The first-order valence-corrected chi connectivity index (χ1v) is 3.57. The van der Waals surface area contributed by atoms with Crippen molar-refractivity contribution in [3.63, 3.8) is 0 Å². The molecule has 3 N–H and O–H groups in total. The van der Waals surface area contributed by atoms with Crippen molar-refractivity contribution in [2.24, 2.45) is 0 Å². The number of nitrogen functional groups attached to an aromatic ring is 1. The maximum absolute atomic E-state index is 9.04. The van der Waals surface area contributed by atoms with E-state index in [0.29, 0.717) is 12.2 Å². The first kappa shape index (κ1) is 8.07. The minimum atomic E-state index is -0.381. The minimum Gasteiger partial charge on any atom is -0.396 e. The Morgan fingerprint density at radius 3 is 2.82 bits per heavy atom. The van der Waals surface area contributed by atoms with E-state index in [4.69, 9.17) is 10.8 Å². The number of nitrogens with two attached hydrogens (primary N) is 1. The quantitative estimate of drug-likeness (QED) is 0.639. The van der Waals surface area contributed by atoms with E-state index >= 15 is 0 Å². The normalized spacial score (nSPS) is 13.4. The molecule has 1 unspecified atom stereocenters. The molecule has 4 heteroatoms. The number of hydrogen-bond acceptors (Lipinski definition) is 3. The second-order valence-electron chi connectivity index (χ2n) is 2.72. The molecular weight excluding hydrogens is 142 g/mol. The Kier molecular flexibility index (Phi) is 2.14. The molecule has 0 radical (unpaired) electrons. The van der Waals surface area contributed by atoms with Crippen LogP contribution in [-0.4, -0.2) is 21.0 Å². The summed E-state index contributed by atoms with van der Waals surface area (Å²) in [5.41, 5.74) is 7.13. The van der Waals surface area contributed by atoms with Crippen molar-refractivity contribution in [2.45, 2.75) is 26.5 Å². The van der Waals surface area contributed by atoms with Crippen molar-refractivity contribution < 1.29 is 5.11 Å². The van der Waals surface area contributed by atoms with E-state index in [1.165, 1.54) is 0 Å². The van der Waals surface area contributed by atoms with Crippen molar-refractivity contribution in [3.8, 4) is 0 Å². The maximum Gasteiger partial charge on any atom is 0.0730 e. The molecular formula is C7H13N3O. The number of aliphatic hydroxyl groups excluding tert-OH is 1. The van der Waals surface area contributed by atoms with Crippen LogP contribution in [0, 0.1) is 6.92 Å². The van der Waals surface area contributed by atoms with E-state index in [1.807, 2.05) is 6.92 Å². The third kappa shape index (κ3) is 1.71. The number of aromatic nitrogens is 2. The Morgan fingerprint density at radius 2 is 2.45 bits per heavy atom. The van der Waals surface area contributed by atoms with E-state index in [2.05, 4.69) is 5.10 Å². The summed E-state index contributed by atoms with van der Waals surface area (Å²) in [7, 11) is 0. The Bertz CT molecular complexity index is 242. The first-order chi connectivity index (χ1) is 5.11. The zero-order chi connectivity index (χ0) is 8.43. The predicted molar refractivity (Wildman–Crippen MR) is 43.1 cm³/mol. The van der Waals surface area contributed by atoms with Crippen LogP contribution < -0.4 is 5.73 Å². The van der Waals surface area contributed by atoms with Gasteiger partial charge in [0, 0.05) is 0 Å². The van der Waals surface area contributed by atoms with Crippen molar-refractivity contribution in [3.05, 3.63) is 11.9 Å². The van der Waals surface area contributed by atoms with E-state index < -0.39 is 0 Å². The molecule has 0 fully saturated rings. The highest BCUT2D eigenvalue weighted by Gasteiger charge is 2.04. The van der Waals surface area contributed by atoms with Gasteiger partial charge < -0.3 is 10.8 Å². The number of hydrogen-bond donors (Lipinski definition) is 2. The van der Waals surface area contributed by atoms with Gasteiger partial charge in [0.15, 0.2) is 0 Å². The third-order valence-electron chi connectivity index (χ3n) is 1.58. The molecule has 4 nitrogen and oxygen atoms in total. The SMILES string of the molecule is Cc1c(N)cnn1CC(C)O. The zero-order valence-electron chi connectivity index (χ0n) is 6.78. The van der Waals surface area contributed by atoms with Crippen LogP contribution in [0.4, 0.5) is 5.69 Å². The van der Waals surface area contributed by atoms with Crippen LogP contribution in [0.3, 0.4) is 0 Å². The van der Waals surface area contributed by atoms with Gasteiger partial charge in [0.05, 0.1) is 30.2 Å². The Morgan fingerprint density at radius 1 is 1.82 bits per heavy atom. The van der Waals surface area contributed by atoms with Crippen molar-refractivity contribution in [2.75, 3.05) is 5.73 Å². The lowest BCUT2D eigenvalue weighted by Crippen LogP contribution is -2.14. The second kappa shape index (κ2) is 2.92. The molecule has 0 aliphatic carbocycles. The monoisotopic (exact) mass is 155 g/mol. The van der Waals surface area contributed by atoms with Gasteiger partial charge in [-0.3, -0.25) is 4.68 Å². The number of anilines is 1. The van der Waals surface area contributed by atoms with Crippen LogP contribution in [0.1, 0.15) is 12.6 Å². The summed E-state index contributed by atoms with van der Waals surface area (Å²) >= 11 is 0. The Labute approximate surface area is 65.6 Å². The molecule has 0 amide bonds. The third-order valence-corrected chi connectivity index (χ3v) is 1.58. The summed E-state index contributed by atoms with van der Waals surface area (Å²) in [6, 6.07) is 0. The fourth-order valence-corrected chi connectivity index (χ4v) is 0.895. The molecule has 1 aromatic rings. The van der Waals surface area contributed by atoms with Gasteiger partial charge in [-0.1, -0.05) is 0 Å². The molecule has 1 heterocycles. The molecule has 0 saturated heterocycles. The summed E-state index contributed by atoms with van der Waals surface area (Å²) in [5.74, 6) is 0. The average molecular weight is 155 g/mol. The van der Waals surface area contributed by atoms with Crippen molar-refractivity contribution in [1.29, 1.82) is 0 Å². The van der Waals surface area contributed by atoms with E-state index in [-0.39, 0.29) is 6.10 Å². The average Bonchev–Trinajstić information content (AvgIpc) is 2.18. The lowest BCUT2D eigenvalue weighted by Gasteiger charge is -2.05. The molecule has 62 valence electrons. The van der Waals surface area contributed by atoms with Gasteiger partial charge in [0.25, 0.3) is 0 Å². The van der Waals surface area contributed by atoms with E-state index in [0.717, 1.165) is 5.69 Å². The lowest BCUT2D eigenvalue weighted by atomic mass is 10.4. The second-order valence-corrected chi connectivity index (χ2v) is 2.72. The molecule has 0 aliphatic heterocycles. The van der Waals surface area contributed by atoms with Crippen LogP contribution in [0.5, 0.6) is 0 Å². The molecule has 0 aromatic carbocycles. The van der Waals surface area contributed by atoms with Crippen LogP contribution in [0.2, 0.25) is 0 Å². The van der Waals surface area contributed by atoms with Gasteiger partial charge in [-0.05, 0) is 13.8 Å². The summed E-state index contributed by atoms with van der Waals surface area (Å²) < 4.78 is 1.69. The van der Waals surface area contributed by atoms with Crippen LogP contribution in [0.25, 0.3) is 0 Å². The Hall–Kier alpha value is -1.03. The minimum absolute atomic E-state index is 0.381. The molecule has 1 atom stereocenters. The number of rotatable bonds is 2. The molecule has 0 spiro atoms. The molecule has 0 bridgehead atoms. The fourth-order valence-electron chi connectivity index (χ4n) is 0.895. The van der Waals surface area contributed by atoms with Gasteiger partial charge >= 0.3 is 0 Å². The van der Waals surface area contributed by atoms with E-state index in [9.17, 15) is 0 Å². The first-order valence-electron chi connectivity index (χ1n) is 3.57. The summed E-state index contributed by atoms with van der Waals surface area (Å²) in [6.45, 7) is 4.10. The van der Waals surface area contributed by atoms with Crippen LogP contribution in [-0.2, 0) is 6.54 Å². The molecule has 1 rings (SSSR count). The summed E-state index contributed by atoms with van der Waals surface area (Å²) in [4.78, 5) is 0. The van der Waals surface area contributed by atoms with Gasteiger partial charge in [0.1, 0.15) is 0 Å². The van der Waals surface area contributed by atoms with E-state index in [1.54, 1.807) is 17.8 Å². The number of aliphatic hydroxyl groups is 1. The van der Waals surface area contributed by atoms with Gasteiger partial charge in [-0.25, -0.2) is 0 Å². The van der Waals surface area contributed by atoms with Gasteiger partial charge in [-0.2, -0.15) is 5.10 Å². The van der Waals surface area contributed by atoms with Gasteiger partial charge in [0.2, 0.25) is 0 Å². The standard InChI is InChI=1S/C7H13N3O/c1-5(11)4-10-6(2)7(8)3-9-10/h3,5,11H,4,8H2,1-2H3. The van der Waals surface area contributed by atoms with Crippen LogP contribution in [0.15, 0.2) is 6.20 Å². The zero-order valence-corrected chi connectivity index (χ0v) is 6.78. The fraction of sp³-hybridized carbons (Fsp3) is 0.571. The lowest BCUT2D eigenvalue weighted by molar-refractivity contribution is 0.167. The van der Waals surface area contributed by atoms with Crippen LogP contribution >= 0.6 is 0 Å². The maximum atomic E-state index is 9.04. The summed E-state index contributed by atoms with van der Waals surface area (Å²) in [5, 5.41) is 13.0. The van der Waals surface area contributed by atoms with Crippen molar-refractivity contribution in [1.82, 2.24) is 9.78 Å². The molecule has 0 saturated carbocycles. The van der Waals surface area contributed by atoms with Gasteiger partial charge in [-0.15, -0.1) is 0 Å². The Balaban J connectivity index is 2.79. The highest BCUT2D eigenvalue weighted by Crippen LogP contribution is 2.08. The molecule has 1 aromatic heterocycles. The topological polar surface area (TPSA) is 64.1 Å². The highest BCUT2D eigenvalue weighted by atomic mass is 16.3. The predicted octanol–water partition coefficient (Wildman–Crippen LogP) is 0.155. The smallest absolute Gasteiger partial charge is 0.0730 e. The molecule has 0 aliphatic rings. The largest absolute Gasteiger partial charge is 0.396 e.